The smallest absolute Gasteiger partial charge is 0.504 e. The van der Waals surface area contributed by atoms with E-state index in [1.54, 1.807) is 0 Å². The molecule has 41 heavy (non-hydrogen) atoms. The lowest BCUT2D eigenvalue weighted by Crippen LogP contribution is -2.19. The summed E-state index contributed by atoms with van der Waals surface area (Å²) in [6, 6.07) is 12.2. The summed E-state index contributed by atoms with van der Waals surface area (Å²) < 4.78 is 82.7. The third-order valence-corrected chi connectivity index (χ3v) is 4.95. The minimum atomic E-state index is -4.98. The molecule has 0 saturated carbocycles. The lowest BCUT2D eigenvalue weighted by molar-refractivity contribution is -0.274. The van der Waals surface area contributed by atoms with Gasteiger partial charge in [-0.25, -0.2) is 8.78 Å². The molecule has 0 aliphatic carbocycles. The first-order chi connectivity index (χ1) is 19.4. The number of benzene rings is 3. The van der Waals surface area contributed by atoms with E-state index in [1.807, 2.05) is 0 Å². The number of aromatic amines is 1. The molecular formula is C27H21F5N2O7. The van der Waals surface area contributed by atoms with Crippen molar-refractivity contribution in [2.75, 3.05) is 19.5 Å². The SMILES string of the molecule is COc1cc(F)ccc1O.COc1cc(F)ccc1Oc1ccc(OC(F)(F)F)cc1C(=O)Nc1cc[nH]c(=O)c1. The van der Waals surface area contributed by atoms with Gasteiger partial charge in [-0.2, -0.15) is 0 Å². The number of carbonyl (C=O) groups excluding carboxylic acids is 1. The third-order valence-electron chi connectivity index (χ3n) is 4.95. The number of H-pyrrole nitrogens is 1. The van der Waals surface area contributed by atoms with Crippen molar-refractivity contribution < 1.29 is 50.8 Å². The van der Waals surface area contributed by atoms with Gasteiger partial charge in [0.05, 0.1) is 19.8 Å². The molecular weight excluding hydrogens is 559 g/mol. The van der Waals surface area contributed by atoms with E-state index in [1.165, 1.54) is 38.6 Å². The number of aromatic hydroxyl groups is 1. The molecule has 216 valence electrons. The number of alkyl halides is 3. The summed E-state index contributed by atoms with van der Waals surface area (Å²) >= 11 is 0. The van der Waals surface area contributed by atoms with Crippen LogP contribution >= 0.6 is 0 Å². The van der Waals surface area contributed by atoms with Crippen LogP contribution in [0, 0.1) is 11.6 Å². The fourth-order valence-corrected chi connectivity index (χ4v) is 3.19. The molecule has 1 aromatic heterocycles. The average molecular weight is 580 g/mol. The predicted molar refractivity (Wildman–Crippen MR) is 136 cm³/mol. The van der Waals surface area contributed by atoms with Crippen molar-refractivity contribution in [3.8, 4) is 34.5 Å². The quantitative estimate of drug-likeness (QED) is 0.229. The molecule has 0 radical (unpaired) electrons. The molecule has 1 amide bonds. The zero-order valence-corrected chi connectivity index (χ0v) is 21.2. The zero-order chi connectivity index (χ0) is 30.2. The number of ether oxygens (including phenoxy) is 4. The maximum atomic E-state index is 13.4. The average Bonchev–Trinajstić information content (AvgIpc) is 2.91. The molecule has 4 rings (SSSR count). The Labute approximate surface area is 228 Å². The number of amides is 1. The Morgan fingerprint density at radius 2 is 1.46 bits per heavy atom. The van der Waals surface area contributed by atoms with Gasteiger partial charge in [0.1, 0.15) is 23.1 Å². The molecule has 9 nitrogen and oxygen atoms in total. The molecule has 0 aliphatic rings. The molecule has 0 aliphatic heterocycles. The summed E-state index contributed by atoms with van der Waals surface area (Å²) in [6.45, 7) is 0. The van der Waals surface area contributed by atoms with Crippen LogP contribution in [0.2, 0.25) is 0 Å². The molecule has 1 heterocycles. The Morgan fingerprint density at radius 3 is 2.07 bits per heavy atom. The van der Waals surface area contributed by atoms with Crippen LogP contribution in [-0.2, 0) is 0 Å². The van der Waals surface area contributed by atoms with Crippen LogP contribution in [0.3, 0.4) is 0 Å². The first-order valence-corrected chi connectivity index (χ1v) is 11.3. The second-order valence-electron chi connectivity index (χ2n) is 7.81. The van der Waals surface area contributed by atoms with Crippen LogP contribution < -0.4 is 29.8 Å². The molecule has 3 aromatic carbocycles. The van der Waals surface area contributed by atoms with E-state index in [0.29, 0.717) is 0 Å². The highest BCUT2D eigenvalue weighted by molar-refractivity contribution is 6.06. The van der Waals surface area contributed by atoms with Gasteiger partial charge >= 0.3 is 6.36 Å². The minimum Gasteiger partial charge on any atom is -0.504 e. The monoisotopic (exact) mass is 580 g/mol. The molecule has 0 atom stereocenters. The Balaban J connectivity index is 0.000000389. The number of methoxy groups -OCH3 is 2. The Morgan fingerprint density at radius 1 is 0.829 bits per heavy atom. The van der Waals surface area contributed by atoms with Crippen LogP contribution in [0.15, 0.2) is 77.7 Å². The predicted octanol–water partition coefficient (Wildman–Crippen LogP) is 6.01. The number of hydrogen-bond acceptors (Lipinski definition) is 7. The van der Waals surface area contributed by atoms with Crippen molar-refractivity contribution >= 4 is 11.6 Å². The number of phenolic OH excluding ortho intramolecular Hbond substituents is 1. The highest BCUT2D eigenvalue weighted by Gasteiger charge is 2.32. The topological polar surface area (TPSA) is 119 Å². The van der Waals surface area contributed by atoms with Crippen LogP contribution in [0.25, 0.3) is 0 Å². The zero-order valence-electron chi connectivity index (χ0n) is 21.2. The van der Waals surface area contributed by atoms with E-state index in [4.69, 9.17) is 14.6 Å². The fourth-order valence-electron chi connectivity index (χ4n) is 3.19. The summed E-state index contributed by atoms with van der Waals surface area (Å²) in [5, 5.41) is 11.3. The number of halogens is 5. The molecule has 0 unspecified atom stereocenters. The molecule has 14 heteroatoms. The van der Waals surface area contributed by atoms with Gasteiger partial charge in [0, 0.05) is 30.1 Å². The minimum absolute atomic E-state index is 0.00318. The van der Waals surface area contributed by atoms with Gasteiger partial charge in [0.15, 0.2) is 23.0 Å². The van der Waals surface area contributed by atoms with Gasteiger partial charge in [-0.3, -0.25) is 9.59 Å². The van der Waals surface area contributed by atoms with Crippen molar-refractivity contribution in [2.24, 2.45) is 0 Å². The molecule has 3 N–H and O–H groups in total. The number of pyridine rings is 1. The Hall–Kier alpha value is -5.27. The summed E-state index contributed by atoms with van der Waals surface area (Å²) in [4.78, 5) is 26.5. The first kappa shape index (κ1) is 30.3. The number of hydrogen-bond donors (Lipinski definition) is 3. The van der Waals surface area contributed by atoms with E-state index in [-0.39, 0.29) is 40.0 Å². The van der Waals surface area contributed by atoms with Crippen molar-refractivity contribution in [1.82, 2.24) is 4.98 Å². The Bertz CT molecular complexity index is 1570. The number of nitrogens with one attached hydrogen (secondary N) is 2. The summed E-state index contributed by atoms with van der Waals surface area (Å²) in [5.41, 5.74) is -0.742. The van der Waals surface area contributed by atoms with E-state index in [9.17, 15) is 31.5 Å². The lowest BCUT2D eigenvalue weighted by Gasteiger charge is -2.16. The number of rotatable bonds is 7. The Kier molecular flexibility index (Phi) is 9.74. The summed E-state index contributed by atoms with van der Waals surface area (Å²) in [5.74, 6) is -2.63. The molecule has 0 fully saturated rings. The first-order valence-electron chi connectivity index (χ1n) is 11.3. The fraction of sp³-hybridized carbons (Fsp3) is 0.111. The largest absolute Gasteiger partial charge is 0.573 e. The summed E-state index contributed by atoms with van der Waals surface area (Å²) in [6.07, 6.45) is -3.70. The number of aromatic nitrogens is 1. The molecule has 0 saturated heterocycles. The van der Waals surface area contributed by atoms with Crippen molar-refractivity contribution in [3.05, 3.63) is 100 Å². The number of anilines is 1. The maximum Gasteiger partial charge on any atom is 0.573 e. The third kappa shape index (κ3) is 8.88. The van der Waals surface area contributed by atoms with Gasteiger partial charge in [-0.05, 0) is 48.5 Å². The summed E-state index contributed by atoms with van der Waals surface area (Å²) in [7, 11) is 2.64. The highest BCUT2D eigenvalue weighted by Crippen LogP contribution is 2.36. The van der Waals surface area contributed by atoms with Crippen LogP contribution in [0.1, 0.15) is 10.4 Å². The van der Waals surface area contributed by atoms with Crippen LogP contribution in [0.5, 0.6) is 34.5 Å². The number of phenols is 1. The van der Waals surface area contributed by atoms with E-state index >= 15 is 0 Å². The molecule has 0 bridgehead atoms. The van der Waals surface area contributed by atoms with E-state index in [0.717, 1.165) is 48.5 Å². The highest BCUT2D eigenvalue weighted by atomic mass is 19.4. The second kappa shape index (κ2) is 13.2. The van der Waals surface area contributed by atoms with E-state index < -0.39 is 35.2 Å². The molecule has 4 aromatic rings. The lowest BCUT2D eigenvalue weighted by atomic mass is 10.1. The van der Waals surface area contributed by atoms with Gasteiger partial charge in [-0.15, -0.1) is 13.2 Å². The van der Waals surface area contributed by atoms with Crippen molar-refractivity contribution in [3.63, 3.8) is 0 Å². The van der Waals surface area contributed by atoms with Gasteiger partial charge in [-0.1, -0.05) is 0 Å². The second-order valence-corrected chi connectivity index (χ2v) is 7.81. The van der Waals surface area contributed by atoms with E-state index in [2.05, 4.69) is 19.8 Å². The molecule has 0 spiro atoms. The van der Waals surface area contributed by atoms with Crippen LogP contribution in [0.4, 0.5) is 27.6 Å². The van der Waals surface area contributed by atoms with Gasteiger partial charge in [0.2, 0.25) is 5.56 Å². The number of carbonyl (C=O) groups is 1. The van der Waals surface area contributed by atoms with Crippen molar-refractivity contribution in [1.29, 1.82) is 0 Å². The van der Waals surface area contributed by atoms with Crippen LogP contribution in [-0.4, -0.2) is 36.6 Å². The van der Waals surface area contributed by atoms with Crippen molar-refractivity contribution in [2.45, 2.75) is 6.36 Å². The normalized spacial score (nSPS) is 10.6. The standard InChI is InChI=1S/C20H14F4N2O5.C7H7FO2/c1-29-17-8-11(21)2-4-16(17)30-15-5-3-13(31-20(22,23)24)10-14(15)19(28)26-12-6-7-25-18(27)9-12;1-10-7-4-5(8)2-3-6(7)9/h2-10H,1H3,(H2,25,26,27,28);2-4,9H,1H3. The maximum absolute atomic E-state index is 13.4. The van der Waals surface area contributed by atoms with Gasteiger partial charge in [0.25, 0.3) is 5.91 Å². The van der Waals surface area contributed by atoms with Gasteiger partial charge < -0.3 is 34.4 Å².